The first-order valence-corrected chi connectivity index (χ1v) is 7.37. The van der Waals surface area contributed by atoms with Crippen molar-refractivity contribution in [2.45, 2.75) is 17.7 Å². The monoisotopic (exact) mass is 288 g/mol. The summed E-state index contributed by atoms with van der Waals surface area (Å²) in [7, 11) is 0.197. The number of fused-ring (bicyclic) bond motifs is 1. The molecule has 0 fully saturated rings. The quantitative estimate of drug-likeness (QED) is 0.921. The fourth-order valence-electron chi connectivity index (χ4n) is 1.26. The molecule has 0 radical (unpaired) electrons. The van der Waals surface area contributed by atoms with Crippen LogP contribution in [0.25, 0.3) is 4.96 Å². The van der Waals surface area contributed by atoms with Gasteiger partial charge in [0.1, 0.15) is 0 Å². The van der Waals surface area contributed by atoms with E-state index < -0.39 is 16.9 Å². The van der Waals surface area contributed by atoms with Crippen molar-refractivity contribution in [2.24, 2.45) is 0 Å². The molecule has 0 aliphatic rings. The van der Waals surface area contributed by atoms with Gasteiger partial charge in [0.25, 0.3) is 0 Å². The zero-order valence-corrected chi connectivity index (χ0v) is 11.5. The van der Waals surface area contributed by atoms with Crippen molar-refractivity contribution in [1.82, 2.24) is 14.6 Å². The Morgan fingerprint density at radius 3 is 3.06 bits per heavy atom. The highest BCUT2D eigenvalue weighted by Crippen LogP contribution is 2.20. The molecule has 1 atom stereocenters. The first-order valence-electron chi connectivity index (χ1n) is 5.23. The predicted molar refractivity (Wildman–Crippen MR) is 68.5 cm³/mol. The average Bonchev–Trinajstić information content (AvgIpc) is 2.86. The van der Waals surface area contributed by atoms with Gasteiger partial charge in [0.15, 0.2) is 5.82 Å². The zero-order chi connectivity index (χ0) is 13.1. The van der Waals surface area contributed by atoms with Crippen LogP contribution >= 0.6 is 11.3 Å². The van der Waals surface area contributed by atoms with E-state index in [9.17, 15) is 9.00 Å². The van der Waals surface area contributed by atoms with Crippen LogP contribution < -0.4 is 5.32 Å². The molecule has 2 aromatic heterocycles. The van der Waals surface area contributed by atoms with Gasteiger partial charge < -0.3 is 4.74 Å². The molecule has 2 rings (SSSR count). The third-order valence-electron chi connectivity index (χ3n) is 2.02. The van der Waals surface area contributed by atoms with Crippen LogP contribution in [0.5, 0.6) is 0 Å². The molecule has 9 heteroatoms. The number of rotatable bonds is 4. The number of hydrogen-bond donors (Lipinski definition) is 1. The van der Waals surface area contributed by atoms with E-state index >= 15 is 0 Å². The number of nitrogens with zero attached hydrogens (tertiary/aromatic N) is 3. The van der Waals surface area contributed by atoms with E-state index in [4.69, 9.17) is 0 Å². The van der Waals surface area contributed by atoms with Crippen molar-refractivity contribution >= 4 is 39.0 Å². The molecule has 0 saturated heterocycles. The summed E-state index contributed by atoms with van der Waals surface area (Å²) in [5, 5.41) is 6.60. The molecule has 0 aromatic carbocycles. The second kappa shape index (κ2) is 5.44. The van der Waals surface area contributed by atoms with E-state index in [0.29, 0.717) is 20.9 Å². The maximum Gasteiger partial charge on any atom is 0.412 e. The lowest BCUT2D eigenvalue weighted by Crippen LogP contribution is -2.11. The second-order valence-electron chi connectivity index (χ2n) is 3.39. The summed E-state index contributed by atoms with van der Waals surface area (Å²) >= 11 is 1.25. The number of hydrogen-bond acceptors (Lipinski definition) is 6. The summed E-state index contributed by atoms with van der Waals surface area (Å²) < 4.78 is 18.2. The number of carbonyl (C=O) groups is 1. The van der Waals surface area contributed by atoms with E-state index in [1.54, 1.807) is 6.20 Å². The molecule has 7 nitrogen and oxygen atoms in total. The number of nitrogens with one attached hydrogen (secondary N) is 1. The van der Waals surface area contributed by atoms with Gasteiger partial charge in [-0.3, -0.25) is 9.53 Å². The molecule has 18 heavy (non-hydrogen) atoms. The lowest BCUT2D eigenvalue weighted by molar-refractivity contribution is 0.187. The Morgan fingerprint density at radius 1 is 1.67 bits per heavy atom. The number of methoxy groups -OCH3 is 1. The fraction of sp³-hybridized carbons (Fsp3) is 0.444. The molecular formula is C9H12N4O3S2. The van der Waals surface area contributed by atoms with Crippen molar-refractivity contribution in [1.29, 1.82) is 0 Å². The van der Waals surface area contributed by atoms with Gasteiger partial charge in [0.2, 0.25) is 9.30 Å². The van der Waals surface area contributed by atoms with E-state index in [0.717, 1.165) is 6.42 Å². The molecule has 0 aliphatic heterocycles. The Bertz CT molecular complexity index is 560. The van der Waals surface area contributed by atoms with Crippen molar-refractivity contribution in [2.75, 3.05) is 18.2 Å². The summed E-state index contributed by atoms with van der Waals surface area (Å²) in [4.78, 5) is 15.7. The number of amides is 1. The van der Waals surface area contributed by atoms with Gasteiger partial charge in [0.05, 0.1) is 24.1 Å². The third kappa shape index (κ3) is 2.67. The van der Waals surface area contributed by atoms with Gasteiger partial charge in [-0.05, 0) is 6.42 Å². The Hall–Kier alpha value is -1.48. The smallest absolute Gasteiger partial charge is 0.412 e. The summed E-state index contributed by atoms with van der Waals surface area (Å²) in [6.07, 6.45) is 1.80. The van der Waals surface area contributed by atoms with Gasteiger partial charge in [-0.1, -0.05) is 18.3 Å². The molecule has 2 heterocycles. The zero-order valence-electron chi connectivity index (χ0n) is 9.87. The van der Waals surface area contributed by atoms with Gasteiger partial charge in [-0.2, -0.15) is 4.98 Å². The van der Waals surface area contributed by atoms with Crippen molar-refractivity contribution in [3.05, 3.63) is 6.20 Å². The third-order valence-corrected chi connectivity index (χ3v) is 4.80. The normalized spacial score (nSPS) is 12.6. The SMILES string of the molecule is CCCS(=O)c1nn2cc(NC(=O)OC)nc2s1. The summed E-state index contributed by atoms with van der Waals surface area (Å²) in [5.74, 6) is 0.942. The fourth-order valence-corrected chi connectivity index (χ4v) is 3.45. The molecular weight excluding hydrogens is 276 g/mol. The highest BCUT2D eigenvalue weighted by Gasteiger charge is 2.13. The molecule has 98 valence electrons. The van der Waals surface area contributed by atoms with Crippen molar-refractivity contribution < 1.29 is 13.7 Å². The van der Waals surface area contributed by atoms with E-state index in [2.05, 4.69) is 20.1 Å². The number of imidazole rings is 1. The van der Waals surface area contributed by atoms with Crippen LogP contribution in [0.2, 0.25) is 0 Å². The minimum absolute atomic E-state index is 0.355. The van der Waals surface area contributed by atoms with Crippen molar-refractivity contribution in [3.8, 4) is 0 Å². The van der Waals surface area contributed by atoms with Crippen LogP contribution in [0.1, 0.15) is 13.3 Å². The minimum atomic E-state index is -1.08. The Labute approximate surface area is 110 Å². The summed E-state index contributed by atoms with van der Waals surface area (Å²) in [6, 6.07) is 0. The lowest BCUT2D eigenvalue weighted by Gasteiger charge is -1.97. The standard InChI is InChI=1S/C9H12N4O3S2/c1-3-4-18(15)9-12-13-5-6(10-7(13)17-9)11-8(14)16-2/h5H,3-4H2,1-2H3,(H,11,14). The molecule has 1 unspecified atom stereocenters. The molecule has 2 aromatic rings. The highest BCUT2D eigenvalue weighted by molar-refractivity contribution is 7.87. The van der Waals surface area contributed by atoms with Gasteiger partial charge in [0, 0.05) is 5.75 Å². The largest absolute Gasteiger partial charge is 0.453 e. The van der Waals surface area contributed by atoms with Crippen LogP contribution in [0.15, 0.2) is 10.5 Å². The van der Waals surface area contributed by atoms with Crippen molar-refractivity contribution in [3.63, 3.8) is 0 Å². The Morgan fingerprint density at radius 2 is 2.44 bits per heavy atom. The molecule has 1 amide bonds. The molecule has 0 saturated carbocycles. The maximum atomic E-state index is 11.7. The van der Waals surface area contributed by atoms with Crippen LogP contribution in [-0.4, -0.2) is 37.8 Å². The first-order chi connectivity index (χ1) is 8.63. The average molecular weight is 288 g/mol. The maximum absolute atomic E-state index is 11.7. The molecule has 0 aliphatic carbocycles. The molecule has 0 bridgehead atoms. The Kier molecular flexibility index (Phi) is 3.92. The predicted octanol–water partition coefficient (Wildman–Crippen LogP) is 1.49. The number of carbonyl (C=O) groups excluding carboxylic acids is 1. The van der Waals surface area contributed by atoms with Crippen LogP contribution in [0.4, 0.5) is 10.6 Å². The number of anilines is 1. The first kappa shape index (κ1) is 13.0. The number of ether oxygens (including phenoxy) is 1. The van der Waals surface area contributed by atoms with E-state index in [-0.39, 0.29) is 0 Å². The van der Waals surface area contributed by atoms with E-state index in [1.807, 2.05) is 6.92 Å². The minimum Gasteiger partial charge on any atom is -0.453 e. The van der Waals surface area contributed by atoms with Gasteiger partial charge >= 0.3 is 6.09 Å². The summed E-state index contributed by atoms with van der Waals surface area (Å²) in [6.45, 7) is 1.97. The Balaban J connectivity index is 2.19. The van der Waals surface area contributed by atoms with Crippen LogP contribution in [-0.2, 0) is 15.5 Å². The topological polar surface area (TPSA) is 85.6 Å². The van der Waals surface area contributed by atoms with Crippen LogP contribution in [0.3, 0.4) is 0 Å². The van der Waals surface area contributed by atoms with Crippen LogP contribution in [0, 0.1) is 0 Å². The van der Waals surface area contributed by atoms with E-state index in [1.165, 1.54) is 23.0 Å². The lowest BCUT2D eigenvalue weighted by atomic mass is 10.6. The number of aromatic nitrogens is 3. The van der Waals surface area contributed by atoms with Gasteiger partial charge in [-0.15, -0.1) is 5.10 Å². The van der Waals surface area contributed by atoms with Gasteiger partial charge in [-0.25, -0.2) is 9.31 Å². The highest BCUT2D eigenvalue weighted by atomic mass is 32.2. The molecule has 1 N–H and O–H groups in total. The second-order valence-corrected chi connectivity index (χ2v) is 6.09. The molecule has 0 spiro atoms. The summed E-state index contributed by atoms with van der Waals surface area (Å²) in [5.41, 5.74) is 0.